The van der Waals surface area contributed by atoms with Gasteiger partial charge in [-0.1, -0.05) is 54.2 Å². The van der Waals surface area contributed by atoms with Crippen molar-refractivity contribution in [3.05, 3.63) is 90.3 Å². The van der Waals surface area contributed by atoms with E-state index in [4.69, 9.17) is 9.84 Å². The smallest absolute Gasteiger partial charge is 0.249 e. The number of nitrogens with zero attached hydrogens (tertiary/aromatic N) is 5. The quantitative estimate of drug-likeness (QED) is 0.374. The number of anilines is 1. The summed E-state index contributed by atoms with van der Waals surface area (Å²) in [7, 11) is 1.62. The Kier molecular flexibility index (Phi) is 6.58. The normalized spacial score (nSPS) is 16.8. The van der Waals surface area contributed by atoms with Crippen LogP contribution in [0.4, 0.5) is 11.6 Å². The van der Waals surface area contributed by atoms with Gasteiger partial charge >= 0.3 is 0 Å². The summed E-state index contributed by atoms with van der Waals surface area (Å²) in [5, 5.41) is 8.37. The molecule has 0 saturated heterocycles. The number of carbonyl (C=O) groups is 1. The first-order valence-corrected chi connectivity index (χ1v) is 12.1. The number of hydrogen-bond donors (Lipinski definition) is 1. The number of aromatic nitrogens is 4. The third-order valence-electron chi connectivity index (χ3n) is 5.76. The topological polar surface area (TPSA) is 94.3 Å². The zero-order chi connectivity index (χ0) is 24.2. The predicted octanol–water partition coefficient (Wildman–Crippen LogP) is 4.92. The van der Waals surface area contributed by atoms with Crippen molar-refractivity contribution in [1.82, 2.24) is 19.7 Å². The molecule has 2 aromatic heterocycles. The molecule has 1 N–H and O–H groups in total. The lowest BCUT2D eigenvalue weighted by molar-refractivity contribution is -0.118. The number of methoxy groups -OCH3 is 1. The number of hydrogen-bond acceptors (Lipinski definition) is 7. The molecule has 0 saturated carbocycles. The number of amides is 1. The fraction of sp³-hybridized carbons (Fsp3) is 0.192. The molecule has 2 unspecified atom stereocenters. The molecule has 5 rings (SSSR count). The highest BCUT2D eigenvalue weighted by Crippen LogP contribution is 2.38. The number of carbonyl (C=O) groups excluding carboxylic acids is 1. The van der Waals surface area contributed by atoms with Crippen LogP contribution in [0.25, 0.3) is 0 Å². The second-order valence-electron chi connectivity index (χ2n) is 8.10. The van der Waals surface area contributed by atoms with Crippen LogP contribution in [0.2, 0.25) is 0 Å². The molecule has 176 valence electrons. The van der Waals surface area contributed by atoms with E-state index in [-0.39, 0.29) is 5.91 Å². The van der Waals surface area contributed by atoms with Gasteiger partial charge in [0.05, 0.1) is 25.0 Å². The minimum Gasteiger partial charge on any atom is -0.497 e. The van der Waals surface area contributed by atoms with Gasteiger partial charge in [-0.15, -0.1) is 5.10 Å². The lowest BCUT2D eigenvalue weighted by Crippen LogP contribution is -2.39. The fourth-order valence-electron chi connectivity index (χ4n) is 4.09. The van der Waals surface area contributed by atoms with E-state index in [1.165, 1.54) is 17.3 Å². The molecule has 35 heavy (non-hydrogen) atoms. The van der Waals surface area contributed by atoms with Gasteiger partial charge in [-0.05, 0) is 42.3 Å². The van der Waals surface area contributed by atoms with Crippen LogP contribution in [0.15, 0.2) is 89.3 Å². The third-order valence-corrected chi connectivity index (χ3v) is 6.67. The Morgan fingerprint density at radius 2 is 1.97 bits per heavy atom. The molecular weight excluding hydrogens is 460 g/mol. The number of fused-ring (bicyclic) bond motifs is 1. The number of rotatable bonds is 7. The molecule has 4 aromatic rings. The predicted molar refractivity (Wildman–Crippen MR) is 136 cm³/mol. The lowest BCUT2D eigenvalue weighted by Gasteiger charge is -2.30. The van der Waals surface area contributed by atoms with Crippen molar-refractivity contribution < 1.29 is 9.53 Å². The molecule has 9 heteroatoms. The Morgan fingerprint density at radius 1 is 1.11 bits per heavy atom. The average Bonchev–Trinajstić information content (AvgIpc) is 3.30. The molecule has 0 fully saturated rings. The summed E-state index contributed by atoms with van der Waals surface area (Å²) in [6, 6.07) is 21.0. The summed E-state index contributed by atoms with van der Waals surface area (Å²) >= 11 is 1.54. The average molecular weight is 485 g/mol. The summed E-state index contributed by atoms with van der Waals surface area (Å²) in [4.78, 5) is 27.0. The van der Waals surface area contributed by atoms with Crippen molar-refractivity contribution in [2.75, 3.05) is 12.4 Å². The molecule has 0 radical (unpaired) electrons. The highest BCUT2D eigenvalue weighted by Gasteiger charge is 2.39. The van der Waals surface area contributed by atoms with Crippen molar-refractivity contribution in [3.63, 3.8) is 0 Å². The Hall–Kier alpha value is -3.98. The molecule has 2 aromatic carbocycles. The molecule has 1 amide bonds. The van der Waals surface area contributed by atoms with Crippen LogP contribution in [0.5, 0.6) is 5.75 Å². The van der Waals surface area contributed by atoms with Gasteiger partial charge in [0.15, 0.2) is 0 Å². The van der Waals surface area contributed by atoms with E-state index >= 15 is 0 Å². The number of thioether (sulfide) groups is 1. The van der Waals surface area contributed by atoms with Crippen molar-refractivity contribution in [1.29, 1.82) is 0 Å². The van der Waals surface area contributed by atoms with Crippen molar-refractivity contribution >= 4 is 35.0 Å². The number of aliphatic imine (C=N–C) groups is 1. The first kappa shape index (κ1) is 22.8. The highest BCUT2D eigenvalue weighted by atomic mass is 32.2. The van der Waals surface area contributed by atoms with Gasteiger partial charge in [0.1, 0.15) is 11.7 Å². The monoisotopic (exact) mass is 484 g/mol. The zero-order valence-corrected chi connectivity index (χ0v) is 20.1. The van der Waals surface area contributed by atoms with E-state index in [9.17, 15) is 4.79 Å². The van der Waals surface area contributed by atoms with Crippen LogP contribution in [0, 0.1) is 5.92 Å². The van der Waals surface area contributed by atoms with Gasteiger partial charge in [-0.25, -0.2) is 9.67 Å². The van der Waals surface area contributed by atoms with E-state index in [0.29, 0.717) is 28.3 Å². The van der Waals surface area contributed by atoms with Crippen molar-refractivity contribution in [2.24, 2.45) is 10.9 Å². The third kappa shape index (κ3) is 4.95. The number of pyridine rings is 1. The number of nitrogens with one attached hydrogen (secondary N) is 1. The van der Waals surface area contributed by atoms with Crippen LogP contribution in [-0.2, 0) is 10.5 Å². The summed E-state index contributed by atoms with van der Waals surface area (Å²) in [5.41, 5.74) is 3.36. The van der Waals surface area contributed by atoms with E-state index in [0.717, 1.165) is 11.3 Å². The van der Waals surface area contributed by atoms with E-state index in [2.05, 4.69) is 32.4 Å². The fourth-order valence-corrected chi connectivity index (χ4v) is 4.87. The minimum absolute atomic E-state index is 0.188. The second-order valence-corrected chi connectivity index (χ2v) is 9.04. The summed E-state index contributed by atoms with van der Waals surface area (Å²) in [5.74, 6) is 1.14. The molecule has 0 spiro atoms. The maximum absolute atomic E-state index is 13.5. The molecule has 1 aliphatic rings. The molecule has 8 nitrogen and oxygen atoms in total. The Morgan fingerprint density at radius 3 is 2.74 bits per heavy atom. The highest BCUT2D eigenvalue weighted by molar-refractivity contribution is 7.98. The van der Waals surface area contributed by atoms with Crippen LogP contribution in [-0.4, -0.2) is 38.5 Å². The van der Waals surface area contributed by atoms with Crippen molar-refractivity contribution in [3.8, 4) is 5.75 Å². The first-order valence-electron chi connectivity index (χ1n) is 11.2. The standard InChI is InChI=1S/C26H24N6O2S/c1-17-22(24(33)29-20-11-7-13-27-15-20)23(19-10-6-12-21(14-19)34-2)32-25(28-17)30-26(31-32)35-16-18-8-4-3-5-9-18/h3-15,22-23H,16H2,1-2H3,(H,29,33). The summed E-state index contributed by atoms with van der Waals surface area (Å²) < 4.78 is 7.21. The lowest BCUT2D eigenvalue weighted by atomic mass is 9.87. The maximum atomic E-state index is 13.5. The minimum atomic E-state index is -0.594. The molecule has 1 aliphatic heterocycles. The first-order chi connectivity index (χ1) is 17.1. The van der Waals surface area contributed by atoms with Gasteiger partial charge in [0, 0.05) is 17.7 Å². The number of benzene rings is 2. The van der Waals surface area contributed by atoms with Gasteiger partial charge in [0.25, 0.3) is 0 Å². The SMILES string of the molecule is COc1cccc(C2C(C(=O)Nc3cccnc3)C(C)=Nc3nc(SCc4ccccc4)nn32)c1. The maximum Gasteiger partial charge on any atom is 0.249 e. The second kappa shape index (κ2) is 10.1. The van der Waals surface area contributed by atoms with Crippen LogP contribution >= 0.6 is 11.8 Å². The van der Waals surface area contributed by atoms with Gasteiger partial charge in [0.2, 0.25) is 17.0 Å². The van der Waals surface area contributed by atoms with Gasteiger partial charge in [-0.3, -0.25) is 9.78 Å². The van der Waals surface area contributed by atoms with Crippen molar-refractivity contribution in [2.45, 2.75) is 23.9 Å². The van der Waals surface area contributed by atoms with E-state index < -0.39 is 12.0 Å². The Bertz CT molecular complexity index is 1360. The Labute approximate surface area is 207 Å². The molecule has 0 aliphatic carbocycles. The molecule has 0 bridgehead atoms. The molecule has 2 atom stereocenters. The summed E-state index contributed by atoms with van der Waals surface area (Å²) in [6.07, 6.45) is 3.28. The Balaban J connectivity index is 1.51. The molecule has 3 heterocycles. The molecular formula is C26H24N6O2S. The van der Waals surface area contributed by atoms with Crippen LogP contribution in [0.1, 0.15) is 24.1 Å². The zero-order valence-electron chi connectivity index (χ0n) is 19.3. The van der Waals surface area contributed by atoms with E-state index in [1.54, 1.807) is 36.3 Å². The summed E-state index contributed by atoms with van der Waals surface area (Å²) in [6.45, 7) is 1.86. The van der Waals surface area contributed by atoms with Crippen LogP contribution in [0.3, 0.4) is 0 Å². The van der Waals surface area contributed by atoms with E-state index in [1.807, 2.05) is 49.4 Å². The largest absolute Gasteiger partial charge is 0.497 e. The van der Waals surface area contributed by atoms with Gasteiger partial charge in [-0.2, -0.15) is 4.98 Å². The van der Waals surface area contributed by atoms with Crippen LogP contribution < -0.4 is 10.1 Å². The number of ether oxygens (including phenoxy) is 1. The van der Waals surface area contributed by atoms with Gasteiger partial charge < -0.3 is 10.1 Å².